The third-order valence-corrected chi connectivity index (χ3v) is 6.41. The number of nitrogens with zero attached hydrogens (tertiary/aromatic N) is 2. The number of hydrazine groups is 1. The van der Waals surface area contributed by atoms with Crippen LogP contribution >= 0.6 is 0 Å². The molecular weight excluding hydrogens is 244 g/mol. The number of hydrogen-bond acceptors (Lipinski definition) is 2. The van der Waals surface area contributed by atoms with Crippen molar-refractivity contribution in [2.24, 2.45) is 0 Å². The van der Waals surface area contributed by atoms with Crippen molar-refractivity contribution in [3.05, 3.63) is 35.9 Å². The van der Waals surface area contributed by atoms with Crippen LogP contribution in [0.25, 0.3) is 0 Å². The Morgan fingerprint density at radius 2 is 1.35 bits per heavy atom. The van der Waals surface area contributed by atoms with E-state index in [1.807, 2.05) is 0 Å². The fourth-order valence-electron chi connectivity index (χ4n) is 5.64. The van der Waals surface area contributed by atoms with Crippen LogP contribution in [-0.4, -0.2) is 34.2 Å². The lowest BCUT2D eigenvalue weighted by atomic mass is 9.71. The Labute approximate surface area is 121 Å². The van der Waals surface area contributed by atoms with E-state index in [0.717, 1.165) is 30.1 Å². The molecule has 0 aromatic heterocycles. The normalized spacial score (nSPS) is 49.1. The monoisotopic (exact) mass is 268 g/mol. The summed E-state index contributed by atoms with van der Waals surface area (Å²) in [5.74, 6) is 0.783. The van der Waals surface area contributed by atoms with Gasteiger partial charge in [0.1, 0.15) is 0 Å². The average Bonchev–Trinajstić information content (AvgIpc) is 2.57. The first kappa shape index (κ1) is 11.8. The summed E-state index contributed by atoms with van der Waals surface area (Å²) >= 11 is 0. The molecule has 0 spiro atoms. The van der Waals surface area contributed by atoms with E-state index in [2.05, 4.69) is 40.3 Å². The summed E-state index contributed by atoms with van der Waals surface area (Å²) in [5, 5.41) is 5.72. The molecule has 0 N–H and O–H groups in total. The van der Waals surface area contributed by atoms with Crippen LogP contribution in [0.2, 0.25) is 0 Å². The molecule has 5 atom stereocenters. The molecule has 0 radical (unpaired) electrons. The van der Waals surface area contributed by atoms with Crippen LogP contribution in [0.5, 0.6) is 0 Å². The van der Waals surface area contributed by atoms with Crippen molar-refractivity contribution in [3.63, 3.8) is 0 Å². The Kier molecular flexibility index (Phi) is 2.54. The zero-order chi connectivity index (χ0) is 13.1. The summed E-state index contributed by atoms with van der Waals surface area (Å²) in [6.07, 6.45) is 10.1. The van der Waals surface area contributed by atoms with E-state index >= 15 is 0 Å². The molecular formula is C18H24N2. The summed E-state index contributed by atoms with van der Waals surface area (Å²) < 4.78 is 0. The third kappa shape index (κ3) is 1.52. The molecule has 20 heavy (non-hydrogen) atoms. The van der Waals surface area contributed by atoms with Gasteiger partial charge >= 0.3 is 0 Å². The van der Waals surface area contributed by atoms with Crippen molar-refractivity contribution in [2.45, 2.75) is 75.0 Å². The van der Waals surface area contributed by atoms with Crippen LogP contribution in [0.1, 0.15) is 56.4 Å². The lowest BCUT2D eigenvalue weighted by Gasteiger charge is -2.66. The molecule has 2 nitrogen and oxygen atoms in total. The fourth-order valence-corrected chi connectivity index (χ4v) is 5.64. The third-order valence-electron chi connectivity index (χ3n) is 6.41. The van der Waals surface area contributed by atoms with E-state index in [1.54, 1.807) is 5.56 Å². The fraction of sp³-hybridized carbons (Fsp3) is 0.667. The van der Waals surface area contributed by atoms with Crippen molar-refractivity contribution < 1.29 is 0 Å². The van der Waals surface area contributed by atoms with Crippen molar-refractivity contribution in [2.75, 3.05) is 0 Å². The molecule has 7 rings (SSSR count). The quantitative estimate of drug-likeness (QED) is 0.768. The van der Waals surface area contributed by atoms with Gasteiger partial charge in [-0.05, 0) is 50.5 Å². The minimum atomic E-state index is 0.783. The van der Waals surface area contributed by atoms with E-state index in [9.17, 15) is 0 Å². The summed E-state index contributed by atoms with van der Waals surface area (Å²) in [7, 11) is 0. The SMILES string of the molecule is c1ccc([C@@H]2C[C@H]3CC[C@@H]2N2C4CCC(CC4)N32)cc1. The molecule has 4 aliphatic heterocycles. The van der Waals surface area contributed by atoms with Crippen LogP contribution in [0.3, 0.4) is 0 Å². The molecule has 6 aliphatic rings. The largest absolute Gasteiger partial charge is 0.235 e. The lowest BCUT2D eigenvalue weighted by molar-refractivity contribution is -0.253. The minimum absolute atomic E-state index is 0.783. The van der Waals surface area contributed by atoms with Crippen LogP contribution in [0.15, 0.2) is 30.3 Å². The molecule has 2 unspecified atom stereocenters. The lowest BCUT2D eigenvalue weighted by Crippen LogP contribution is -2.73. The summed E-state index contributed by atoms with van der Waals surface area (Å²) in [6.45, 7) is 0. The Morgan fingerprint density at radius 3 is 2.10 bits per heavy atom. The first-order valence-electron chi connectivity index (χ1n) is 8.53. The van der Waals surface area contributed by atoms with Gasteiger partial charge in [0.2, 0.25) is 0 Å². The van der Waals surface area contributed by atoms with Gasteiger partial charge in [-0.25, -0.2) is 10.0 Å². The van der Waals surface area contributed by atoms with Gasteiger partial charge in [0, 0.05) is 30.1 Å². The van der Waals surface area contributed by atoms with Gasteiger partial charge in [0.05, 0.1) is 0 Å². The van der Waals surface area contributed by atoms with Gasteiger partial charge < -0.3 is 0 Å². The first-order chi connectivity index (χ1) is 9.92. The van der Waals surface area contributed by atoms with Gasteiger partial charge in [-0.1, -0.05) is 30.3 Å². The molecule has 0 amide bonds. The maximum Gasteiger partial charge on any atom is 0.0319 e. The minimum Gasteiger partial charge on any atom is -0.235 e. The zero-order valence-electron chi connectivity index (χ0n) is 12.1. The van der Waals surface area contributed by atoms with Gasteiger partial charge in [0.15, 0.2) is 0 Å². The second-order valence-corrected chi connectivity index (χ2v) is 7.27. The zero-order valence-corrected chi connectivity index (χ0v) is 12.1. The first-order valence-corrected chi connectivity index (χ1v) is 8.53. The Balaban J connectivity index is 1.52. The predicted octanol–water partition coefficient (Wildman–Crippen LogP) is 3.55. The second kappa shape index (κ2) is 4.32. The molecule has 4 saturated heterocycles. The van der Waals surface area contributed by atoms with Crippen LogP contribution in [-0.2, 0) is 0 Å². The van der Waals surface area contributed by atoms with E-state index in [4.69, 9.17) is 0 Å². The van der Waals surface area contributed by atoms with Crippen LogP contribution in [0.4, 0.5) is 0 Å². The Hall–Kier alpha value is -0.860. The van der Waals surface area contributed by atoms with Crippen molar-refractivity contribution >= 4 is 0 Å². The van der Waals surface area contributed by atoms with Crippen molar-refractivity contribution in [1.82, 2.24) is 10.0 Å². The standard InChI is InChI=1S/C18H24N2/c1-2-4-13(5-3-1)17-12-16-10-11-18(17)20-15-8-6-14(7-9-15)19(16)20/h1-5,14-18H,6-12H2/t14?,15?,16-,17+,18+/m1/s1. The molecule has 2 saturated carbocycles. The van der Waals surface area contributed by atoms with Crippen LogP contribution < -0.4 is 0 Å². The maximum atomic E-state index is 2.87. The highest BCUT2D eigenvalue weighted by Gasteiger charge is 2.54. The number of fused-ring (bicyclic) bond motifs is 4. The molecule has 1 aromatic carbocycles. The van der Waals surface area contributed by atoms with Crippen molar-refractivity contribution in [3.8, 4) is 0 Å². The maximum absolute atomic E-state index is 2.87. The molecule has 1 aromatic rings. The highest BCUT2D eigenvalue weighted by Crippen LogP contribution is 2.51. The highest BCUT2D eigenvalue weighted by molar-refractivity contribution is 5.24. The molecule has 4 bridgehead atoms. The van der Waals surface area contributed by atoms with Gasteiger partial charge in [-0.3, -0.25) is 0 Å². The van der Waals surface area contributed by atoms with E-state index in [0.29, 0.717) is 0 Å². The van der Waals surface area contributed by atoms with E-state index in [-0.39, 0.29) is 0 Å². The van der Waals surface area contributed by atoms with Gasteiger partial charge in [0.25, 0.3) is 0 Å². The molecule has 106 valence electrons. The topological polar surface area (TPSA) is 6.48 Å². The van der Waals surface area contributed by atoms with Gasteiger partial charge in [-0.15, -0.1) is 0 Å². The highest BCUT2D eigenvalue weighted by atomic mass is 15.7. The Morgan fingerprint density at radius 1 is 0.700 bits per heavy atom. The molecule has 2 aliphatic carbocycles. The molecule has 6 fully saturated rings. The smallest absolute Gasteiger partial charge is 0.0319 e. The number of hydrogen-bond donors (Lipinski definition) is 0. The molecule has 4 heterocycles. The van der Waals surface area contributed by atoms with Crippen LogP contribution in [0, 0.1) is 0 Å². The number of rotatable bonds is 1. The van der Waals surface area contributed by atoms with E-state index in [1.165, 1.54) is 44.9 Å². The molecule has 2 heteroatoms. The van der Waals surface area contributed by atoms with E-state index < -0.39 is 0 Å². The predicted molar refractivity (Wildman–Crippen MR) is 80.3 cm³/mol. The summed E-state index contributed by atoms with van der Waals surface area (Å²) in [4.78, 5) is 0. The summed E-state index contributed by atoms with van der Waals surface area (Å²) in [6, 6.07) is 14.7. The summed E-state index contributed by atoms with van der Waals surface area (Å²) in [5.41, 5.74) is 1.59. The second-order valence-electron chi connectivity index (χ2n) is 7.27. The van der Waals surface area contributed by atoms with Crippen molar-refractivity contribution in [1.29, 1.82) is 0 Å². The van der Waals surface area contributed by atoms with Gasteiger partial charge in [-0.2, -0.15) is 0 Å². The number of benzene rings is 1. The Bertz CT molecular complexity index is 491. The average molecular weight is 268 g/mol.